The van der Waals surface area contributed by atoms with Crippen LogP contribution in [0.25, 0.3) is 0 Å². The molecule has 0 aromatic rings. The first-order valence-electron chi connectivity index (χ1n) is 8.78. The molecule has 0 aliphatic carbocycles. The minimum Gasteiger partial charge on any atom is -0.342 e. The molecule has 2 heterocycles. The van der Waals surface area contributed by atoms with E-state index in [0.717, 1.165) is 38.9 Å². The highest BCUT2D eigenvalue weighted by Gasteiger charge is 2.36. The molecule has 2 amide bonds. The molecule has 0 bridgehead atoms. The molecule has 4 unspecified atom stereocenters. The van der Waals surface area contributed by atoms with E-state index < -0.39 is 0 Å². The van der Waals surface area contributed by atoms with Gasteiger partial charge >= 0.3 is 0 Å². The van der Waals surface area contributed by atoms with Gasteiger partial charge in [-0.2, -0.15) is 0 Å². The van der Waals surface area contributed by atoms with E-state index in [1.165, 1.54) is 0 Å². The third-order valence-electron chi connectivity index (χ3n) is 5.43. The van der Waals surface area contributed by atoms with E-state index in [2.05, 4.69) is 19.2 Å². The number of carbonyl (C=O) groups is 2. The van der Waals surface area contributed by atoms with Crippen LogP contribution in [0.1, 0.15) is 47.0 Å². The smallest absolute Gasteiger partial charge is 0.227 e. The summed E-state index contributed by atoms with van der Waals surface area (Å²) >= 11 is 0. The zero-order chi connectivity index (χ0) is 16.3. The molecule has 0 saturated carbocycles. The molecule has 2 rings (SSSR count). The third-order valence-corrected chi connectivity index (χ3v) is 5.43. The second-order valence-electron chi connectivity index (χ2n) is 6.95. The van der Waals surface area contributed by atoms with Crippen molar-refractivity contribution in [2.24, 2.45) is 11.8 Å². The van der Waals surface area contributed by atoms with Gasteiger partial charge in [-0.1, -0.05) is 13.8 Å². The van der Waals surface area contributed by atoms with Crippen molar-refractivity contribution < 1.29 is 9.59 Å². The van der Waals surface area contributed by atoms with Crippen LogP contribution in [0.2, 0.25) is 0 Å². The molecule has 2 saturated heterocycles. The largest absolute Gasteiger partial charge is 0.342 e. The zero-order valence-electron chi connectivity index (χ0n) is 14.9. The maximum absolute atomic E-state index is 12.9. The Morgan fingerprint density at radius 1 is 1.26 bits per heavy atom. The lowest BCUT2D eigenvalue weighted by Gasteiger charge is -2.42. The fraction of sp³-hybridized carbons (Fsp3) is 0.882. The number of halogens is 1. The highest BCUT2D eigenvalue weighted by molar-refractivity contribution is 5.85. The van der Waals surface area contributed by atoms with Crippen LogP contribution < -0.4 is 5.32 Å². The average molecular weight is 346 g/mol. The van der Waals surface area contributed by atoms with Crippen LogP contribution in [0.4, 0.5) is 0 Å². The van der Waals surface area contributed by atoms with Gasteiger partial charge in [-0.3, -0.25) is 9.59 Å². The number of piperidine rings is 1. The van der Waals surface area contributed by atoms with Gasteiger partial charge in [-0.05, 0) is 33.1 Å². The molecule has 2 aliphatic heterocycles. The molecular formula is C17H32ClN3O2. The van der Waals surface area contributed by atoms with Crippen LogP contribution in [0, 0.1) is 11.8 Å². The summed E-state index contributed by atoms with van der Waals surface area (Å²) < 4.78 is 0. The molecule has 0 aromatic carbocycles. The summed E-state index contributed by atoms with van der Waals surface area (Å²) in [4.78, 5) is 29.2. The fourth-order valence-electron chi connectivity index (χ4n) is 3.47. The van der Waals surface area contributed by atoms with Crippen LogP contribution in [0.3, 0.4) is 0 Å². The lowest BCUT2D eigenvalue weighted by atomic mass is 9.93. The maximum Gasteiger partial charge on any atom is 0.227 e. The lowest BCUT2D eigenvalue weighted by molar-refractivity contribution is -0.145. The minimum absolute atomic E-state index is 0. The summed E-state index contributed by atoms with van der Waals surface area (Å²) in [5.74, 6) is 0.491. The minimum atomic E-state index is -0.0190. The summed E-state index contributed by atoms with van der Waals surface area (Å²) in [6.07, 6.45) is 2.71. The number of hydrogen-bond donors (Lipinski definition) is 1. The van der Waals surface area contributed by atoms with Gasteiger partial charge in [0.25, 0.3) is 0 Å². The Labute approximate surface area is 146 Å². The fourth-order valence-corrected chi connectivity index (χ4v) is 3.47. The number of nitrogens with zero attached hydrogens (tertiary/aromatic N) is 2. The Kier molecular flexibility index (Phi) is 7.81. The number of piperazine rings is 1. The first kappa shape index (κ1) is 20.2. The Balaban J connectivity index is 0.00000264. The molecule has 2 fully saturated rings. The van der Waals surface area contributed by atoms with E-state index >= 15 is 0 Å². The van der Waals surface area contributed by atoms with Crippen LogP contribution in [0.15, 0.2) is 0 Å². The Morgan fingerprint density at radius 3 is 2.61 bits per heavy atom. The summed E-state index contributed by atoms with van der Waals surface area (Å²) in [6.45, 7) is 11.3. The van der Waals surface area contributed by atoms with Crippen molar-refractivity contribution in [3.63, 3.8) is 0 Å². The van der Waals surface area contributed by atoms with Crippen molar-refractivity contribution in [3.05, 3.63) is 0 Å². The van der Waals surface area contributed by atoms with Gasteiger partial charge in [-0.25, -0.2) is 0 Å². The third kappa shape index (κ3) is 4.60. The Bertz CT molecular complexity index is 419. The monoisotopic (exact) mass is 345 g/mol. The van der Waals surface area contributed by atoms with E-state index in [4.69, 9.17) is 0 Å². The molecule has 23 heavy (non-hydrogen) atoms. The number of likely N-dealkylation sites (tertiary alicyclic amines) is 1. The normalized spacial score (nSPS) is 29.7. The Morgan fingerprint density at radius 2 is 1.96 bits per heavy atom. The predicted molar refractivity (Wildman–Crippen MR) is 94.6 cm³/mol. The number of carbonyl (C=O) groups excluding carboxylic acids is 2. The van der Waals surface area contributed by atoms with Crippen molar-refractivity contribution >= 4 is 24.2 Å². The van der Waals surface area contributed by atoms with E-state index in [1.807, 2.05) is 23.6 Å². The first-order chi connectivity index (χ1) is 10.5. The molecule has 5 nitrogen and oxygen atoms in total. The first-order valence-corrected chi connectivity index (χ1v) is 8.78. The number of amides is 2. The lowest BCUT2D eigenvalue weighted by Crippen LogP contribution is -2.59. The molecular weight excluding hydrogens is 314 g/mol. The van der Waals surface area contributed by atoms with Gasteiger partial charge in [0, 0.05) is 44.2 Å². The van der Waals surface area contributed by atoms with E-state index in [1.54, 1.807) is 0 Å². The van der Waals surface area contributed by atoms with Gasteiger partial charge in [0.1, 0.15) is 0 Å². The highest BCUT2D eigenvalue weighted by atomic mass is 35.5. The van der Waals surface area contributed by atoms with Crippen molar-refractivity contribution in [2.75, 3.05) is 26.2 Å². The summed E-state index contributed by atoms with van der Waals surface area (Å²) in [7, 11) is 0. The molecule has 0 spiro atoms. The summed E-state index contributed by atoms with van der Waals surface area (Å²) in [6, 6.07) is 0.557. The molecule has 0 aromatic heterocycles. The molecule has 1 N–H and O–H groups in total. The van der Waals surface area contributed by atoms with Gasteiger partial charge in [0.05, 0.1) is 5.92 Å². The van der Waals surface area contributed by atoms with Crippen LogP contribution in [-0.4, -0.2) is 59.9 Å². The highest BCUT2D eigenvalue weighted by Crippen LogP contribution is 2.23. The molecule has 134 valence electrons. The molecule has 6 heteroatoms. The zero-order valence-corrected chi connectivity index (χ0v) is 15.7. The second-order valence-corrected chi connectivity index (χ2v) is 6.95. The average Bonchev–Trinajstić information content (AvgIpc) is 2.55. The quantitative estimate of drug-likeness (QED) is 0.850. The standard InChI is InChI=1S/C17H31N3O2.ClH/c1-5-12(2)16(21)19-9-6-7-15(11-19)17(22)20-10-8-18-13(3)14(20)4;/h12-15,18H,5-11H2,1-4H3;1H. The number of hydrogen-bond acceptors (Lipinski definition) is 3. The van der Waals surface area contributed by atoms with Crippen LogP contribution >= 0.6 is 12.4 Å². The van der Waals surface area contributed by atoms with Gasteiger partial charge in [0.15, 0.2) is 0 Å². The van der Waals surface area contributed by atoms with Gasteiger partial charge < -0.3 is 15.1 Å². The molecule has 0 radical (unpaired) electrons. The molecule has 2 aliphatic rings. The van der Waals surface area contributed by atoms with E-state index in [-0.39, 0.29) is 42.1 Å². The van der Waals surface area contributed by atoms with Crippen LogP contribution in [0.5, 0.6) is 0 Å². The maximum atomic E-state index is 12.9. The number of rotatable bonds is 3. The van der Waals surface area contributed by atoms with Gasteiger partial charge in [0.2, 0.25) is 11.8 Å². The van der Waals surface area contributed by atoms with Crippen molar-refractivity contribution in [1.82, 2.24) is 15.1 Å². The Hall–Kier alpha value is -0.810. The summed E-state index contributed by atoms with van der Waals surface area (Å²) in [5.41, 5.74) is 0. The van der Waals surface area contributed by atoms with E-state index in [9.17, 15) is 9.59 Å². The van der Waals surface area contributed by atoms with Crippen molar-refractivity contribution in [3.8, 4) is 0 Å². The SMILES string of the molecule is CCC(C)C(=O)N1CCCC(C(=O)N2CCNC(C)C2C)C1.Cl. The van der Waals surface area contributed by atoms with Crippen molar-refractivity contribution in [1.29, 1.82) is 0 Å². The van der Waals surface area contributed by atoms with Crippen LogP contribution in [-0.2, 0) is 9.59 Å². The summed E-state index contributed by atoms with van der Waals surface area (Å²) in [5, 5.41) is 3.41. The molecule has 4 atom stereocenters. The number of nitrogens with one attached hydrogen (secondary N) is 1. The van der Waals surface area contributed by atoms with Gasteiger partial charge in [-0.15, -0.1) is 12.4 Å². The topological polar surface area (TPSA) is 52.7 Å². The predicted octanol–water partition coefficient (Wildman–Crippen LogP) is 1.90. The van der Waals surface area contributed by atoms with E-state index in [0.29, 0.717) is 12.6 Å². The second kappa shape index (κ2) is 8.88. The van der Waals surface area contributed by atoms with Crippen molar-refractivity contribution in [2.45, 2.75) is 59.0 Å².